The van der Waals surface area contributed by atoms with Crippen molar-refractivity contribution in [2.24, 2.45) is 11.7 Å². The summed E-state index contributed by atoms with van der Waals surface area (Å²) < 4.78 is 5.30. The Morgan fingerprint density at radius 1 is 1.16 bits per heavy atom. The molecule has 1 aliphatic heterocycles. The molecule has 7 heteroatoms. The van der Waals surface area contributed by atoms with Crippen LogP contribution < -0.4 is 11.1 Å². The normalized spacial score (nSPS) is 17.4. The van der Waals surface area contributed by atoms with Crippen molar-refractivity contribution in [2.75, 3.05) is 13.1 Å². The fraction of sp³-hybridized carbons (Fsp3) is 0.500. The van der Waals surface area contributed by atoms with E-state index in [1.807, 2.05) is 37.3 Å². The molecule has 0 aromatic heterocycles. The second-order valence-electron chi connectivity index (χ2n) is 6.32. The number of hydrogen-bond donors (Lipinski definition) is 2. The first-order chi connectivity index (χ1) is 11.9. The highest BCUT2D eigenvalue weighted by Gasteiger charge is 2.30. The number of rotatable bonds is 5. The Balaban J connectivity index is 1.80. The number of nitrogens with zero attached hydrogens (tertiary/aromatic N) is 1. The lowest BCUT2D eigenvalue weighted by atomic mass is 9.97. The van der Waals surface area contributed by atoms with Gasteiger partial charge in [0.05, 0.1) is 12.0 Å². The van der Waals surface area contributed by atoms with Crippen LogP contribution in [0.3, 0.4) is 0 Å². The molecule has 1 fully saturated rings. The Labute approximate surface area is 147 Å². The molecule has 2 atom stereocenters. The Kier molecular flexibility index (Phi) is 6.38. The van der Waals surface area contributed by atoms with E-state index in [9.17, 15) is 14.4 Å². The first-order valence-electron chi connectivity index (χ1n) is 8.48. The smallest absolute Gasteiger partial charge is 0.314 e. The zero-order chi connectivity index (χ0) is 18.4. The van der Waals surface area contributed by atoms with E-state index < -0.39 is 18.1 Å². The minimum Gasteiger partial charge on any atom is -0.452 e. The van der Waals surface area contributed by atoms with Gasteiger partial charge in [-0.3, -0.25) is 9.59 Å². The number of esters is 1. The molecule has 3 N–H and O–H groups in total. The first kappa shape index (κ1) is 18.8. The minimum atomic E-state index is -0.868. The van der Waals surface area contributed by atoms with Crippen LogP contribution in [0.5, 0.6) is 0 Å². The number of hydrogen-bond acceptors (Lipinski definition) is 4. The summed E-state index contributed by atoms with van der Waals surface area (Å²) >= 11 is 0. The van der Waals surface area contributed by atoms with E-state index in [1.54, 1.807) is 6.92 Å². The molecule has 0 spiro atoms. The Morgan fingerprint density at radius 3 is 2.32 bits per heavy atom. The molecule has 0 saturated carbocycles. The zero-order valence-electron chi connectivity index (χ0n) is 14.6. The highest BCUT2D eigenvalue weighted by atomic mass is 16.5. The van der Waals surface area contributed by atoms with Gasteiger partial charge in [-0.25, -0.2) is 4.79 Å². The van der Waals surface area contributed by atoms with Crippen LogP contribution in [0.2, 0.25) is 0 Å². The molecular weight excluding hydrogens is 322 g/mol. The maximum atomic E-state index is 12.2. The summed E-state index contributed by atoms with van der Waals surface area (Å²) in [6.45, 7) is 4.30. The SMILES string of the molecule is C[C@H](NC(=O)[C@@H](C)OC(=O)C1CCN(C(N)=O)CC1)c1ccccc1. The van der Waals surface area contributed by atoms with E-state index in [0.29, 0.717) is 25.9 Å². The van der Waals surface area contributed by atoms with Gasteiger partial charge in [-0.05, 0) is 32.3 Å². The molecule has 0 unspecified atom stereocenters. The fourth-order valence-corrected chi connectivity index (χ4v) is 2.82. The van der Waals surface area contributed by atoms with Gasteiger partial charge in [0.15, 0.2) is 6.10 Å². The summed E-state index contributed by atoms with van der Waals surface area (Å²) in [5.41, 5.74) is 6.20. The van der Waals surface area contributed by atoms with Gasteiger partial charge in [-0.1, -0.05) is 30.3 Å². The monoisotopic (exact) mass is 347 g/mol. The molecule has 136 valence electrons. The number of primary amides is 1. The third kappa shape index (κ3) is 5.20. The summed E-state index contributed by atoms with van der Waals surface area (Å²) in [5, 5.41) is 2.84. The van der Waals surface area contributed by atoms with Crippen LogP contribution in [0.25, 0.3) is 0 Å². The van der Waals surface area contributed by atoms with Crippen LogP contribution in [0.4, 0.5) is 4.79 Å². The van der Waals surface area contributed by atoms with Gasteiger partial charge in [0, 0.05) is 13.1 Å². The maximum Gasteiger partial charge on any atom is 0.314 e. The average molecular weight is 347 g/mol. The van der Waals surface area contributed by atoms with Gasteiger partial charge in [0.1, 0.15) is 0 Å². The Morgan fingerprint density at radius 2 is 1.76 bits per heavy atom. The topological polar surface area (TPSA) is 102 Å². The molecule has 7 nitrogen and oxygen atoms in total. The third-order valence-electron chi connectivity index (χ3n) is 4.46. The molecule has 0 aliphatic carbocycles. The second kappa shape index (κ2) is 8.50. The van der Waals surface area contributed by atoms with Gasteiger partial charge in [-0.15, -0.1) is 0 Å². The van der Waals surface area contributed by atoms with E-state index in [-0.39, 0.29) is 17.9 Å². The predicted molar refractivity (Wildman–Crippen MR) is 92.4 cm³/mol. The molecule has 1 aliphatic rings. The number of amides is 3. The highest BCUT2D eigenvalue weighted by molar-refractivity contribution is 5.84. The lowest BCUT2D eigenvalue weighted by Crippen LogP contribution is -2.44. The Hall–Kier alpha value is -2.57. The van der Waals surface area contributed by atoms with Crippen molar-refractivity contribution in [3.8, 4) is 0 Å². The summed E-state index contributed by atoms with van der Waals surface area (Å²) in [5.74, 6) is -1.05. The number of nitrogens with one attached hydrogen (secondary N) is 1. The van der Waals surface area contributed by atoms with Crippen molar-refractivity contribution in [3.63, 3.8) is 0 Å². The predicted octanol–water partition coefficient (Wildman–Crippen LogP) is 1.59. The van der Waals surface area contributed by atoms with Crippen molar-refractivity contribution < 1.29 is 19.1 Å². The molecule has 1 aromatic carbocycles. The van der Waals surface area contributed by atoms with Crippen LogP contribution in [-0.2, 0) is 14.3 Å². The van der Waals surface area contributed by atoms with Crippen molar-refractivity contribution in [2.45, 2.75) is 38.8 Å². The summed E-state index contributed by atoms with van der Waals surface area (Å²) in [6, 6.07) is 8.91. The van der Waals surface area contributed by atoms with Crippen molar-refractivity contribution in [3.05, 3.63) is 35.9 Å². The van der Waals surface area contributed by atoms with Crippen molar-refractivity contribution in [1.29, 1.82) is 0 Å². The second-order valence-corrected chi connectivity index (χ2v) is 6.32. The number of carbonyl (C=O) groups excluding carboxylic acids is 3. The average Bonchev–Trinajstić information content (AvgIpc) is 2.62. The summed E-state index contributed by atoms with van der Waals surface area (Å²) in [6.07, 6.45) is 0.125. The van der Waals surface area contributed by atoms with Crippen molar-refractivity contribution >= 4 is 17.9 Å². The molecule has 25 heavy (non-hydrogen) atoms. The summed E-state index contributed by atoms with van der Waals surface area (Å²) in [4.78, 5) is 37.0. The minimum absolute atomic E-state index is 0.173. The number of likely N-dealkylation sites (tertiary alicyclic amines) is 1. The van der Waals surface area contributed by atoms with Gasteiger partial charge in [-0.2, -0.15) is 0 Å². The number of nitrogens with two attached hydrogens (primary N) is 1. The van der Waals surface area contributed by atoms with Gasteiger partial charge >= 0.3 is 12.0 Å². The molecule has 0 bridgehead atoms. The number of ether oxygens (including phenoxy) is 1. The fourth-order valence-electron chi connectivity index (χ4n) is 2.82. The molecule has 3 amide bonds. The van der Waals surface area contributed by atoms with E-state index >= 15 is 0 Å². The number of piperidine rings is 1. The lowest BCUT2D eigenvalue weighted by molar-refractivity contribution is -0.160. The van der Waals surface area contributed by atoms with Crippen LogP contribution in [-0.4, -0.2) is 42.0 Å². The van der Waals surface area contributed by atoms with E-state index in [4.69, 9.17) is 10.5 Å². The molecule has 1 aromatic rings. The maximum absolute atomic E-state index is 12.2. The molecular formula is C18H25N3O4. The van der Waals surface area contributed by atoms with Crippen LogP contribution in [0, 0.1) is 5.92 Å². The summed E-state index contributed by atoms with van der Waals surface area (Å²) in [7, 11) is 0. The highest BCUT2D eigenvalue weighted by Crippen LogP contribution is 2.19. The largest absolute Gasteiger partial charge is 0.452 e. The standard InChI is InChI=1S/C18H25N3O4/c1-12(14-6-4-3-5-7-14)20-16(22)13(2)25-17(23)15-8-10-21(11-9-15)18(19)24/h3-7,12-13,15H,8-11H2,1-2H3,(H2,19,24)(H,20,22)/t12-,13+/m0/s1. The molecule has 1 heterocycles. The number of carbonyl (C=O) groups is 3. The number of urea groups is 1. The van der Waals surface area contributed by atoms with Gasteiger partial charge in [0.25, 0.3) is 5.91 Å². The van der Waals surface area contributed by atoms with Crippen LogP contribution in [0.15, 0.2) is 30.3 Å². The Bertz CT molecular complexity index is 612. The van der Waals surface area contributed by atoms with Crippen LogP contribution >= 0.6 is 0 Å². The molecule has 0 radical (unpaired) electrons. The third-order valence-corrected chi connectivity index (χ3v) is 4.46. The first-order valence-corrected chi connectivity index (χ1v) is 8.48. The quantitative estimate of drug-likeness (QED) is 0.790. The van der Waals surface area contributed by atoms with Crippen LogP contribution in [0.1, 0.15) is 38.3 Å². The van der Waals surface area contributed by atoms with Crippen molar-refractivity contribution in [1.82, 2.24) is 10.2 Å². The molecule has 2 rings (SSSR count). The lowest BCUT2D eigenvalue weighted by Gasteiger charge is -2.30. The number of benzene rings is 1. The van der Waals surface area contributed by atoms with Gasteiger partial charge < -0.3 is 20.7 Å². The van der Waals surface area contributed by atoms with Gasteiger partial charge in [0.2, 0.25) is 0 Å². The zero-order valence-corrected chi connectivity index (χ0v) is 14.6. The van der Waals surface area contributed by atoms with E-state index in [2.05, 4.69) is 5.32 Å². The van der Waals surface area contributed by atoms with E-state index in [1.165, 1.54) is 4.90 Å². The molecule has 1 saturated heterocycles. The van der Waals surface area contributed by atoms with E-state index in [0.717, 1.165) is 5.56 Å².